The van der Waals surface area contributed by atoms with Crippen molar-refractivity contribution < 1.29 is 13.2 Å². The Labute approximate surface area is 124 Å². The molecule has 0 aromatic heterocycles. The van der Waals surface area contributed by atoms with Crippen LogP contribution in [-0.4, -0.2) is 32.2 Å². The predicted octanol–water partition coefficient (Wildman–Crippen LogP) is 1.17. The Hall–Kier alpha value is -1.02. The monoisotopic (exact) mass is 314 g/mol. The van der Waals surface area contributed by atoms with Crippen LogP contribution in [0.5, 0.6) is 0 Å². The van der Waals surface area contributed by atoms with Crippen LogP contribution >= 0.6 is 12.2 Å². The summed E-state index contributed by atoms with van der Waals surface area (Å²) in [5.74, 6) is 0. The summed E-state index contributed by atoms with van der Waals surface area (Å²) in [6.45, 7) is 2.92. The van der Waals surface area contributed by atoms with Crippen LogP contribution in [0.4, 0.5) is 0 Å². The lowest BCUT2D eigenvalue weighted by Crippen LogP contribution is -2.51. The summed E-state index contributed by atoms with van der Waals surface area (Å²) in [5.41, 5.74) is 5.58. The van der Waals surface area contributed by atoms with E-state index in [1.807, 2.05) is 6.92 Å². The van der Waals surface area contributed by atoms with Gasteiger partial charge in [0.15, 0.2) is 0 Å². The Morgan fingerprint density at radius 2 is 2.05 bits per heavy atom. The van der Waals surface area contributed by atoms with Crippen LogP contribution in [0.1, 0.15) is 25.3 Å². The molecule has 110 valence electrons. The topological polar surface area (TPSA) is 81.4 Å². The fraction of sp³-hybridized carbons (Fsp3) is 0.462. The molecule has 0 saturated carbocycles. The number of nitrogens with two attached hydrogens (primary N) is 1. The highest BCUT2D eigenvalue weighted by Crippen LogP contribution is 2.21. The van der Waals surface area contributed by atoms with Crippen LogP contribution in [0.3, 0.4) is 0 Å². The number of ether oxygens (including phenoxy) is 1. The van der Waals surface area contributed by atoms with E-state index in [0.29, 0.717) is 18.8 Å². The molecular weight excluding hydrogens is 296 g/mol. The summed E-state index contributed by atoms with van der Waals surface area (Å²) in [4.78, 5) is 0.443. The normalized spacial score (nSPS) is 23.4. The highest BCUT2D eigenvalue weighted by atomic mass is 32.2. The minimum atomic E-state index is -3.57. The van der Waals surface area contributed by atoms with Gasteiger partial charge < -0.3 is 10.5 Å². The molecule has 7 heteroatoms. The Morgan fingerprint density at radius 1 is 1.40 bits per heavy atom. The van der Waals surface area contributed by atoms with E-state index in [1.54, 1.807) is 12.1 Å². The lowest BCUT2D eigenvalue weighted by Gasteiger charge is -2.33. The van der Waals surface area contributed by atoms with Crippen molar-refractivity contribution in [3.8, 4) is 0 Å². The van der Waals surface area contributed by atoms with Gasteiger partial charge in [-0.3, -0.25) is 0 Å². The van der Waals surface area contributed by atoms with Gasteiger partial charge in [0.25, 0.3) is 0 Å². The van der Waals surface area contributed by atoms with Crippen molar-refractivity contribution in [2.24, 2.45) is 5.73 Å². The molecule has 3 N–H and O–H groups in total. The highest BCUT2D eigenvalue weighted by molar-refractivity contribution is 7.89. The van der Waals surface area contributed by atoms with Gasteiger partial charge in [-0.2, -0.15) is 0 Å². The lowest BCUT2D eigenvalue weighted by atomic mass is 9.97. The first-order valence-corrected chi connectivity index (χ1v) is 8.23. The number of rotatable bonds is 4. The maximum Gasteiger partial charge on any atom is 0.241 e. The van der Waals surface area contributed by atoms with Gasteiger partial charge in [-0.15, -0.1) is 0 Å². The van der Waals surface area contributed by atoms with Crippen molar-refractivity contribution in [1.29, 1.82) is 0 Å². The molecule has 0 amide bonds. The fourth-order valence-corrected chi connectivity index (χ4v) is 3.75. The van der Waals surface area contributed by atoms with E-state index in [2.05, 4.69) is 4.72 Å². The molecule has 5 nitrogen and oxygen atoms in total. The minimum absolute atomic E-state index is 0.198. The van der Waals surface area contributed by atoms with Gasteiger partial charge in [0.2, 0.25) is 10.0 Å². The molecule has 1 fully saturated rings. The minimum Gasteiger partial charge on any atom is -0.389 e. The van der Waals surface area contributed by atoms with Gasteiger partial charge in [-0.1, -0.05) is 24.4 Å². The van der Waals surface area contributed by atoms with Crippen molar-refractivity contribution in [1.82, 2.24) is 4.72 Å². The molecule has 1 heterocycles. The van der Waals surface area contributed by atoms with Crippen LogP contribution in [0, 0.1) is 0 Å². The molecule has 1 aromatic rings. The zero-order valence-corrected chi connectivity index (χ0v) is 12.9. The largest absolute Gasteiger partial charge is 0.389 e. The molecule has 1 aliphatic heterocycles. The van der Waals surface area contributed by atoms with Gasteiger partial charge in [0.05, 0.1) is 17.0 Å². The zero-order valence-electron chi connectivity index (χ0n) is 11.3. The summed E-state index contributed by atoms with van der Waals surface area (Å²) in [7, 11) is -3.57. The standard InChI is InChI=1S/C13H18N2O3S2/c1-13(7-2-8-18-9-13)15-20(16,17)11-5-3-10(4-6-11)12(14)19/h3-6,15H,2,7-9H2,1H3,(H2,14,19). The Bertz CT molecular complexity index is 591. The van der Waals surface area contributed by atoms with Crippen molar-refractivity contribution >= 4 is 27.2 Å². The van der Waals surface area contributed by atoms with Gasteiger partial charge >= 0.3 is 0 Å². The molecular formula is C13H18N2O3S2. The van der Waals surface area contributed by atoms with Crippen LogP contribution < -0.4 is 10.5 Å². The number of sulfonamides is 1. The van der Waals surface area contributed by atoms with Crippen molar-refractivity contribution in [3.05, 3.63) is 29.8 Å². The first-order chi connectivity index (χ1) is 9.32. The molecule has 2 rings (SSSR count). The molecule has 0 spiro atoms. The lowest BCUT2D eigenvalue weighted by molar-refractivity contribution is 0.0386. The Kier molecular flexibility index (Phi) is 4.43. The second-order valence-corrected chi connectivity index (χ2v) is 7.33. The first kappa shape index (κ1) is 15.4. The van der Waals surface area contributed by atoms with E-state index in [4.69, 9.17) is 22.7 Å². The Morgan fingerprint density at radius 3 is 2.55 bits per heavy atom. The predicted molar refractivity (Wildman–Crippen MR) is 81.1 cm³/mol. The van der Waals surface area contributed by atoms with Crippen LogP contribution in [-0.2, 0) is 14.8 Å². The fourth-order valence-electron chi connectivity index (χ4n) is 2.20. The van der Waals surface area contributed by atoms with E-state index in [9.17, 15) is 8.42 Å². The molecule has 1 unspecified atom stereocenters. The average Bonchev–Trinajstić information content (AvgIpc) is 2.38. The third-order valence-corrected chi connectivity index (χ3v) is 5.16. The summed E-state index contributed by atoms with van der Waals surface area (Å²) < 4.78 is 32.8. The second-order valence-electron chi connectivity index (χ2n) is 5.21. The molecule has 0 aliphatic carbocycles. The molecule has 1 aromatic carbocycles. The number of nitrogens with one attached hydrogen (secondary N) is 1. The third kappa shape index (κ3) is 3.54. The van der Waals surface area contributed by atoms with Gasteiger partial charge in [0.1, 0.15) is 4.99 Å². The maximum atomic E-state index is 12.4. The molecule has 1 saturated heterocycles. The Balaban J connectivity index is 2.19. The van der Waals surface area contributed by atoms with Crippen molar-refractivity contribution in [2.45, 2.75) is 30.2 Å². The van der Waals surface area contributed by atoms with Gasteiger partial charge in [-0.05, 0) is 31.9 Å². The first-order valence-electron chi connectivity index (χ1n) is 6.34. The van der Waals surface area contributed by atoms with Crippen LogP contribution in [0.2, 0.25) is 0 Å². The molecule has 20 heavy (non-hydrogen) atoms. The number of hydrogen-bond acceptors (Lipinski definition) is 4. The van der Waals surface area contributed by atoms with Gasteiger partial charge in [0, 0.05) is 12.2 Å². The summed E-state index contributed by atoms with van der Waals surface area (Å²) >= 11 is 4.84. The van der Waals surface area contributed by atoms with Crippen LogP contribution in [0.25, 0.3) is 0 Å². The van der Waals surface area contributed by atoms with E-state index < -0.39 is 15.6 Å². The maximum absolute atomic E-state index is 12.4. The number of benzene rings is 1. The summed E-state index contributed by atoms with van der Waals surface area (Å²) in [5, 5.41) is 0. The molecule has 1 atom stereocenters. The van der Waals surface area contributed by atoms with E-state index in [-0.39, 0.29) is 9.88 Å². The SMILES string of the molecule is CC1(NS(=O)(=O)c2ccc(C(N)=S)cc2)CCCOC1. The summed E-state index contributed by atoms with van der Waals surface area (Å²) in [6.07, 6.45) is 1.61. The number of hydrogen-bond donors (Lipinski definition) is 2. The van der Waals surface area contributed by atoms with Crippen molar-refractivity contribution in [2.75, 3.05) is 13.2 Å². The molecule has 0 radical (unpaired) electrons. The smallest absolute Gasteiger partial charge is 0.241 e. The van der Waals surface area contributed by atoms with E-state index in [1.165, 1.54) is 12.1 Å². The van der Waals surface area contributed by atoms with E-state index >= 15 is 0 Å². The zero-order chi connectivity index (χ0) is 14.8. The molecule has 0 bridgehead atoms. The third-order valence-electron chi connectivity index (χ3n) is 3.27. The molecule has 1 aliphatic rings. The highest BCUT2D eigenvalue weighted by Gasteiger charge is 2.32. The average molecular weight is 314 g/mol. The quantitative estimate of drug-likeness (QED) is 0.815. The van der Waals surface area contributed by atoms with Crippen LogP contribution in [0.15, 0.2) is 29.2 Å². The second kappa shape index (κ2) is 5.77. The number of thiocarbonyl (C=S) groups is 1. The van der Waals surface area contributed by atoms with Crippen molar-refractivity contribution in [3.63, 3.8) is 0 Å². The summed E-state index contributed by atoms with van der Waals surface area (Å²) in [6, 6.07) is 6.22. The van der Waals surface area contributed by atoms with E-state index in [0.717, 1.165) is 12.8 Å². The van der Waals surface area contributed by atoms with Gasteiger partial charge in [-0.25, -0.2) is 13.1 Å².